The van der Waals surface area contributed by atoms with Crippen molar-refractivity contribution in [2.75, 3.05) is 24.4 Å². The third kappa shape index (κ3) is 4.90. The van der Waals surface area contributed by atoms with E-state index in [9.17, 15) is 12.8 Å². The average molecular weight is 422 g/mol. The average Bonchev–Trinajstić information content (AvgIpc) is 3.06. The first-order chi connectivity index (χ1) is 13.4. The van der Waals surface area contributed by atoms with E-state index in [1.165, 1.54) is 24.1 Å². The molecule has 0 aliphatic heterocycles. The van der Waals surface area contributed by atoms with Crippen LogP contribution >= 0.6 is 11.8 Å². The van der Waals surface area contributed by atoms with Gasteiger partial charge in [0.1, 0.15) is 21.4 Å². The number of rotatable bonds is 8. The molecule has 0 aliphatic rings. The molecule has 0 N–H and O–H groups in total. The summed E-state index contributed by atoms with van der Waals surface area (Å²) in [6.45, 7) is 2.47. The van der Waals surface area contributed by atoms with E-state index < -0.39 is 15.7 Å². The number of aromatic nitrogens is 3. The Morgan fingerprint density at radius 3 is 2.46 bits per heavy atom. The lowest BCUT2D eigenvalue weighted by Crippen LogP contribution is -2.07. The Bertz CT molecular complexity index is 1050. The maximum Gasteiger partial charge on any atom is 0.196 e. The first-order valence-electron chi connectivity index (χ1n) is 8.63. The standard InChI is InChI=1S/C19H20FN3O3S2/c1-3-26-15-10-8-14(9-11-15)18-21-22-19(27-12-13-28(2,24)25)23(18)17-7-5-4-6-16(17)20/h4-11H,3,12-13H2,1-2H3. The predicted molar refractivity (Wildman–Crippen MR) is 108 cm³/mol. The van der Waals surface area contributed by atoms with Crippen molar-refractivity contribution < 1.29 is 17.5 Å². The van der Waals surface area contributed by atoms with Crippen LogP contribution in [0.25, 0.3) is 17.1 Å². The quantitative estimate of drug-likeness (QED) is 0.518. The molecule has 9 heteroatoms. The number of halogens is 1. The van der Waals surface area contributed by atoms with Gasteiger partial charge in [-0.2, -0.15) is 0 Å². The second kappa shape index (κ2) is 8.74. The van der Waals surface area contributed by atoms with Gasteiger partial charge in [-0.05, 0) is 43.3 Å². The molecule has 0 spiro atoms. The molecule has 0 fully saturated rings. The van der Waals surface area contributed by atoms with Crippen molar-refractivity contribution in [2.24, 2.45) is 0 Å². The summed E-state index contributed by atoms with van der Waals surface area (Å²) in [6, 6.07) is 13.6. The fraction of sp³-hybridized carbons (Fsp3) is 0.263. The van der Waals surface area contributed by atoms with Crippen LogP contribution in [0.5, 0.6) is 5.75 Å². The normalized spacial score (nSPS) is 11.5. The zero-order chi connectivity index (χ0) is 20.1. The lowest BCUT2D eigenvalue weighted by Gasteiger charge is -2.11. The Hall–Kier alpha value is -2.39. The van der Waals surface area contributed by atoms with Crippen LogP contribution in [-0.2, 0) is 9.84 Å². The van der Waals surface area contributed by atoms with Gasteiger partial charge in [-0.3, -0.25) is 4.57 Å². The highest BCUT2D eigenvalue weighted by Crippen LogP contribution is 2.30. The zero-order valence-electron chi connectivity index (χ0n) is 15.5. The van der Waals surface area contributed by atoms with Gasteiger partial charge in [0.05, 0.1) is 18.0 Å². The Kier molecular flexibility index (Phi) is 6.35. The van der Waals surface area contributed by atoms with Crippen molar-refractivity contribution in [3.8, 4) is 22.8 Å². The highest BCUT2D eigenvalue weighted by Gasteiger charge is 2.19. The summed E-state index contributed by atoms with van der Waals surface area (Å²) < 4.78 is 44.4. The van der Waals surface area contributed by atoms with Crippen LogP contribution in [0, 0.1) is 5.82 Å². The minimum Gasteiger partial charge on any atom is -0.494 e. The second-order valence-electron chi connectivity index (χ2n) is 6.03. The number of benzene rings is 2. The summed E-state index contributed by atoms with van der Waals surface area (Å²) >= 11 is 1.22. The van der Waals surface area contributed by atoms with Crippen LogP contribution in [0.3, 0.4) is 0 Å². The first kappa shape index (κ1) is 20.3. The van der Waals surface area contributed by atoms with Gasteiger partial charge in [-0.25, -0.2) is 12.8 Å². The van der Waals surface area contributed by atoms with E-state index in [0.717, 1.165) is 11.3 Å². The van der Waals surface area contributed by atoms with E-state index in [1.807, 2.05) is 31.2 Å². The topological polar surface area (TPSA) is 74.1 Å². The molecule has 148 valence electrons. The third-order valence-electron chi connectivity index (χ3n) is 3.84. The number of thioether (sulfide) groups is 1. The summed E-state index contributed by atoms with van der Waals surface area (Å²) in [5.74, 6) is 1.08. The van der Waals surface area contributed by atoms with E-state index in [4.69, 9.17) is 4.74 Å². The monoisotopic (exact) mass is 421 g/mol. The molecule has 0 saturated heterocycles. The molecular weight excluding hydrogens is 401 g/mol. The van der Waals surface area contributed by atoms with Crippen LogP contribution < -0.4 is 4.74 Å². The molecule has 0 saturated carbocycles. The third-order valence-corrected chi connectivity index (χ3v) is 5.97. The summed E-state index contributed by atoms with van der Waals surface area (Å²) in [4.78, 5) is 0. The minimum atomic E-state index is -3.10. The van der Waals surface area contributed by atoms with E-state index in [2.05, 4.69) is 10.2 Å². The van der Waals surface area contributed by atoms with E-state index in [-0.39, 0.29) is 5.75 Å². The van der Waals surface area contributed by atoms with Crippen LogP contribution in [-0.4, -0.2) is 47.6 Å². The number of nitrogens with zero attached hydrogens (tertiary/aromatic N) is 3. The number of para-hydroxylation sites is 1. The zero-order valence-corrected chi connectivity index (χ0v) is 17.1. The van der Waals surface area contributed by atoms with Crippen LogP contribution in [0.1, 0.15) is 6.92 Å². The molecule has 3 rings (SSSR count). The molecule has 0 bridgehead atoms. The maximum atomic E-state index is 14.5. The highest BCUT2D eigenvalue weighted by atomic mass is 32.2. The molecule has 28 heavy (non-hydrogen) atoms. The van der Waals surface area contributed by atoms with Crippen molar-refractivity contribution in [1.29, 1.82) is 0 Å². The summed E-state index contributed by atoms with van der Waals surface area (Å²) in [6.07, 6.45) is 1.18. The van der Waals surface area contributed by atoms with E-state index in [1.54, 1.807) is 22.8 Å². The minimum absolute atomic E-state index is 0.000184. The van der Waals surface area contributed by atoms with Gasteiger partial charge in [-0.15, -0.1) is 10.2 Å². The van der Waals surface area contributed by atoms with Crippen molar-refractivity contribution in [2.45, 2.75) is 12.1 Å². The molecule has 1 heterocycles. The van der Waals surface area contributed by atoms with E-state index in [0.29, 0.717) is 29.0 Å². The summed E-state index contributed by atoms with van der Waals surface area (Å²) in [7, 11) is -3.10. The Balaban J connectivity index is 2.01. The molecule has 0 aliphatic carbocycles. The molecule has 6 nitrogen and oxygen atoms in total. The second-order valence-corrected chi connectivity index (χ2v) is 9.35. The lowest BCUT2D eigenvalue weighted by atomic mass is 10.2. The van der Waals surface area contributed by atoms with Crippen molar-refractivity contribution in [1.82, 2.24) is 14.8 Å². The van der Waals surface area contributed by atoms with Crippen LogP contribution in [0.2, 0.25) is 0 Å². The van der Waals surface area contributed by atoms with Crippen molar-refractivity contribution in [3.63, 3.8) is 0 Å². The maximum absolute atomic E-state index is 14.5. The SMILES string of the molecule is CCOc1ccc(-c2nnc(SCCS(C)(=O)=O)n2-c2ccccc2F)cc1. The molecule has 0 amide bonds. The lowest BCUT2D eigenvalue weighted by molar-refractivity contribution is 0.340. The molecule has 2 aromatic carbocycles. The number of ether oxygens (including phenoxy) is 1. The fourth-order valence-electron chi connectivity index (χ4n) is 2.55. The molecule has 1 aromatic heterocycles. The molecule has 0 radical (unpaired) electrons. The van der Waals surface area contributed by atoms with Crippen molar-refractivity contribution in [3.05, 3.63) is 54.3 Å². The fourth-order valence-corrected chi connectivity index (χ4v) is 4.69. The first-order valence-corrected chi connectivity index (χ1v) is 11.7. The largest absolute Gasteiger partial charge is 0.494 e. The van der Waals surface area contributed by atoms with Gasteiger partial charge in [0.25, 0.3) is 0 Å². The number of hydrogen-bond donors (Lipinski definition) is 0. The predicted octanol–water partition coefficient (Wildman–Crippen LogP) is 3.61. The smallest absolute Gasteiger partial charge is 0.196 e. The number of hydrogen-bond acceptors (Lipinski definition) is 6. The molecule has 0 atom stereocenters. The van der Waals surface area contributed by atoms with Crippen molar-refractivity contribution >= 4 is 21.6 Å². The molecule has 0 unspecified atom stereocenters. The Morgan fingerprint density at radius 2 is 1.82 bits per heavy atom. The Labute approximate surface area is 167 Å². The van der Waals surface area contributed by atoms with Gasteiger partial charge >= 0.3 is 0 Å². The summed E-state index contributed by atoms with van der Waals surface area (Å²) in [5.41, 5.74) is 1.05. The highest BCUT2D eigenvalue weighted by molar-refractivity contribution is 8.00. The van der Waals surface area contributed by atoms with Crippen LogP contribution in [0.4, 0.5) is 4.39 Å². The molecular formula is C19H20FN3O3S2. The number of sulfone groups is 1. The van der Waals surface area contributed by atoms with Crippen LogP contribution in [0.15, 0.2) is 53.7 Å². The van der Waals surface area contributed by atoms with Gasteiger partial charge < -0.3 is 4.74 Å². The van der Waals surface area contributed by atoms with E-state index >= 15 is 0 Å². The summed E-state index contributed by atoms with van der Waals surface area (Å²) in [5, 5.41) is 8.83. The Morgan fingerprint density at radius 1 is 1.11 bits per heavy atom. The molecule has 3 aromatic rings. The van der Waals surface area contributed by atoms with Gasteiger partial charge in [-0.1, -0.05) is 23.9 Å². The van der Waals surface area contributed by atoms with Gasteiger partial charge in [0, 0.05) is 17.6 Å². The van der Waals surface area contributed by atoms with Gasteiger partial charge in [0.2, 0.25) is 0 Å². The van der Waals surface area contributed by atoms with Gasteiger partial charge in [0.15, 0.2) is 11.0 Å².